The van der Waals surface area contributed by atoms with E-state index < -0.39 is 0 Å². The van der Waals surface area contributed by atoms with E-state index in [0.717, 1.165) is 18.4 Å². The number of hydrogen-bond acceptors (Lipinski definition) is 2. The number of Topliss-reactive ketones (excluding diaryl/α,β-unsaturated/α-hetero) is 1. The molecule has 29 heavy (non-hydrogen) atoms. The molecule has 0 aliphatic heterocycles. The largest absolute Gasteiger partial charge is 0.292 e. The molecule has 3 rings (SSSR count). The van der Waals surface area contributed by atoms with Gasteiger partial charge in [-0.3, -0.25) is 9.69 Å². The molecule has 2 aromatic rings. The fourth-order valence-corrected chi connectivity index (χ4v) is 5.63. The fraction of sp³-hybridized carbons (Fsp3) is 0.519. The molecule has 0 saturated heterocycles. The second-order valence-electron chi connectivity index (χ2n) is 9.06. The summed E-state index contributed by atoms with van der Waals surface area (Å²) in [5.74, 6) is 0.227. The van der Waals surface area contributed by atoms with Gasteiger partial charge in [0.15, 0.2) is 5.78 Å². The van der Waals surface area contributed by atoms with E-state index in [1.54, 1.807) is 0 Å². The van der Waals surface area contributed by atoms with Crippen LogP contribution in [0.1, 0.15) is 81.6 Å². The van der Waals surface area contributed by atoms with Crippen LogP contribution in [0.2, 0.25) is 0 Å². The van der Waals surface area contributed by atoms with Crippen molar-refractivity contribution in [3.8, 4) is 0 Å². The predicted molar refractivity (Wildman–Crippen MR) is 123 cm³/mol. The van der Waals surface area contributed by atoms with Crippen LogP contribution in [0.5, 0.6) is 0 Å². The summed E-state index contributed by atoms with van der Waals surface area (Å²) in [7, 11) is 2.20. The van der Waals surface area contributed by atoms with Crippen LogP contribution in [-0.2, 0) is 5.41 Å². The second kappa shape index (κ2) is 9.26. The van der Waals surface area contributed by atoms with E-state index in [1.165, 1.54) is 37.7 Å². The zero-order valence-electron chi connectivity index (χ0n) is 18.7. The molecular weight excluding hydrogens is 354 g/mol. The van der Waals surface area contributed by atoms with Gasteiger partial charge in [-0.1, -0.05) is 100 Å². The highest BCUT2D eigenvalue weighted by molar-refractivity contribution is 5.99. The van der Waals surface area contributed by atoms with E-state index in [9.17, 15) is 4.79 Å². The summed E-state index contributed by atoms with van der Waals surface area (Å²) in [6, 6.07) is 20.7. The monoisotopic (exact) mass is 391 g/mol. The third-order valence-electron chi connectivity index (χ3n) is 7.59. The maximum Gasteiger partial charge on any atom is 0.179 e. The Kier molecular flexibility index (Phi) is 6.95. The van der Waals surface area contributed by atoms with Gasteiger partial charge >= 0.3 is 0 Å². The van der Waals surface area contributed by atoms with Gasteiger partial charge in [0, 0.05) is 16.5 Å². The molecule has 1 aliphatic rings. The summed E-state index contributed by atoms with van der Waals surface area (Å²) in [6.45, 7) is 6.82. The van der Waals surface area contributed by atoms with E-state index in [2.05, 4.69) is 63.1 Å². The van der Waals surface area contributed by atoms with Crippen molar-refractivity contribution in [2.45, 2.75) is 82.7 Å². The third-order valence-corrected chi connectivity index (χ3v) is 7.59. The summed E-state index contributed by atoms with van der Waals surface area (Å²) in [4.78, 5) is 15.8. The van der Waals surface area contributed by atoms with Crippen molar-refractivity contribution in [3.05, 3.63) is 71.8 Å². The number of carbonyl (C=O) groups is 1. The van der Waals surface area contributed by atoms with Crippen molar-refractivity contribution in [3.63, 3.8) is 0 Å². The highest BCUT2D eigenvalue weighted by Crippen LogP contribution is 2.52. The zero-order valence-corrected chi connectivity index (χ0v) is 18.7. The quantitative estimate of drug-likeness (QED) is 0.469. The van der Waals surface area contributed by atoms with Crippen LogP contribution in [0.25, 0.3) is 0 Å². The molecule has 0 heterocycles. The summed E-state index contributed by atoms with van der Waals surface area (Å²) in [5, 5.41) is 0. The molecule has 3 unspecified atom stereocenters. The average molecular weight is 392 g/mol. The van der Waals surface area contributed by atoms with Crippen LogP contribution in [-0.4, -0.2) is 29.3 Å². The number of likely N-dealkylation sites (N-methyl/N-ethyl adjacent to an activating group) is 1. The Labute approximate surface area is 177 Å². The zero-order chi connectivity index (χ0) is 20.9. The average Bonchev–Trinajstić information content (AvgIpc) is 2.78. The predicted octanol–water partition coefficient (Wildman–Crippen LogP) is 6.65. The number of rotatable bonds is 8. The Morgan fingerprint density at radius 2 is 1.59 bits per heavy atom. The number of carbonyl (C=O) groups excluding carboxylic acids is 1. The SMILES string of the molecule is CCCCC1(N(C)C(C)C(=O)c2ccccc2)CCCCC1(C)c1ccccc1. The van der Waals surface area contributed by atoms with Crippen LogP contribution in [0.15, 0.2) is 60.7 Å². The molecule has 1 fully saturated rings. The number of ketones is 1. The molecule has 156 valence electrons. The van der Waals surface area contributed by atoms with Gasteiger partial charge in [-0.15, -0.1) is 0 Å². The van der Waals surface area contributed by atoms with Crippen LogP contribution >= 0.6 is 0 Å². The number of hydrogen-bond donors (Lipinski definition) is 0. The first kappa shape index (κ1) is 21.8. The first-order chi connectivity index (χ1) is 14.0. The summed E-state index contributed by atoms with van der Waals surface area (Å²) >= 11 is 0. The van der Waals surface area contributed by atoms with Gasteiger partial charge in [0.25, 0.3) is 0 Å². The molecule has 3 atom stereocenters. The van der Waals surface area contributed by atoms with Gasteiger partial charge in [0.2, 0.25) is 0 Å². The molecule has 2 nitrogen and oxygen atoms in total. The maximum atomic E-state index is 13.4. The van der Waals surface area contributed by atoms with Gasteiger partial charge in [0.05, 0.1) is 6.04 Å². The summed E-state index contributed by atoms with van der Waals surface area (Å²) < 4.78 is 0. The van der Waals surface area contributed by atoms with Crippen molar-refractivity contribution in [1.82, 2.24) is 4.90 Å². The summed E-state index contributed by atoms with van der Waals surface area (Å²) in [5.41, 5.74) is 2.27. The molecule has 1 saturated carbocycles. The molecule has 0 N–H and O–H groups in total. The minimum Gasteiger partial charge on any atom is -0.292 e. The van der Waals surface area contributed by atoms with Crippen molar-refractivity contribution in [2.24, 2.45) is 0 Å². The van der Waals surface area contributed by atoms with E-state index in [1.807, 2.05) is 30.3 Å². The fourth-order valence-electron chi connectivity index (χ4n) is 5.63. The number of unbranched alkanes of at least 4 members (excludes halogenated alkanes) is 1. The maximum absolute atomic E-state index is 13.4. The second-order valence-corrected chi connectivity index (χ2v) is 9.06. The molecule has 0 spiro atoms. The van der Waals surface area contributed by atoms with E-state index in [4.69, 9.17) is 0 Å². The van der Waals surface area contributed by atoms with Crippen LogP contribution in [0.4, 0.5) is 0 Å². The van der Waals surface area contributed by atoms with E-state index in [-0.39, 0.29) is 22.8 Å². The Balaban J connectivity index is 2.03. The summed E-state index contributed by atoms with van der Waals surface area (Å²) in [6.07, 6.45) is 8.34. The van der Waals surface area contributed by atoms with Gasteiger partial charge in [0.1, 0.15) is 0 Å². The molecular formula is C27H37NO. The lowest BCUT2D eigenvalue weighted by molar-refractivity contribution is -0.0246. The normalized spacial score (nSPS) is 25.7. The molecule has 0 bridgehead atoms. The minimum atomic E-state index is -0.143. The highest BCUT2D eigenvalue weighted by Gasteiger charge is 2.53. The minimum absolute atomic E-state index is 0.00747. The van der Waals surface area contributed by atoms with Gasteiger partial charge in [-0.25, -0.2) is 0 Å². The van der Waals surface area contributed by atoms with Gasteiger partial charge in [-0.05, 0) is 38.8 Å². The standard InChI is InChI=1S/C27H37NO/c1-5-6-20-27(28(4)22(2)25(29)23-15-9-7-10-16-23)21-14-13-19-26(27,3)24-17-11-8-12-18-24/h7-12,15-18,22H,5-6,13-14,19-21H2,1-4H3. The Morgan fingerprint density at radius 1 is 1.00 bits per heavy atom. The van der Waals surface area contributed by atoms with Crippen molar-refractivity contribution in [1.29, 1.82) is 0 Å². The Hall–Kier alpha value is -1.93. The highest BCUT2D eigenvalue weighted by atomic mass is 16.1. The molecule has 0 radical (unpaired) electrons. The number of nitrogens with zero attached hydrogens (tertiary/aromatic N) is 1. The Bertz CT molecular complexity index is 787. The lowest BCUT2D eigenvalue weighted by Crippen LogP contribution is -2.64. The smallest absolute Gasteiger partial charge is 0.179 e. The molecule has 0 amide bonds. The third kappa shape index (κ3) is 4.05. The van der Waals surface area contributed by atoms with Crippen LogP contribution in [0, 0.1) is 0 Å². The van der Waals surface area contributed by atoms with Gasteiger partial charge < -0.3 is 0 Å². The topological polar surface area (TPSA) is 20.3 Å². The van der Waals surface area contributed by atoms with E-state index >= 15 is 0 Å². The lowest BCUT2D eigenvalue weighted by Gasteiger charge is -2.58. The lowest BCUT2D eigenvalue weighted by atomic mass is 9.56. The number of benzene rings is 2. The molecule has 0 aromatic heterocycles. The molecule has 2 heteroatoms. The first-order valence-electron chi connectivity index (χ1n) is 11.3. The van der Waals surface area contributed by atoms with Crippen molar-refractivity contribution < 1.29 is 4.79 Å². The molecule has 2 aromatic carbocycles. The van der Waals surface area contributed by atoms with Crippen LogP contribution < -0.4 is 0 Å². The van der Waals surface area contributed by atoms with Crippen molar-refractivity contribution >= 4 is 5.78 Å². The van der Waals surface area contributed by atoms with E-state index in [0.29, 0.717) is 0 Å². The Morgan fingerprint density at radius 3 is 2.21 bits per heavy atom. The van der Waals surface area contributed by atoms with Crippen LogP contribution in [0.3, 0.4) is 0 Å². The first-order valence-corrected chi connectivity index (χ1v) is 11.3. The van der Waals surface area contributed by atoms with Crippen molar-refractivity contribution in [2.75, 3.05) is 7.05 Å². The molecule has 1 aliphatic carbocycles. The van der Waals surface area contributed by atoms with Gasteiger partial charge in [-0.2, -0.15) is 0 Å².